The molecule has 1 heterocycles. The normalized spacial score (nSPS) is 9.88. The fraction of sp³-hybridized carbons (Fsp3) is 0.167. The molecule has 0 aliphatic rings. The van der Waals surface area contributed by atoms with Gasteiger partial charge in [-0.25, -0.2) is 4.98 Å². The predicted molar refractivity (Wildman–Crippen MR) is 59.8 cm³/mol. The highest BCUT2D eigenvalue weighted by molar-refractivity contribution is 5.33. The van der Waals surface area contributed by atoms with Gasteiger partial charge in [-0.2, -0.15) is 4.98 Å². The van der Waals surface area contributed by atoms with Gasteiger partial charge >= 0.3 is 0 Å². The molecule has 0 atom stereocenters. The monoisotopic (exact) mass is 216 g/mol. The molecule has 0 amide bonds. The highest BCUT2D eigenvalue weighted by Crippen LogP contribution is 2.21. The van der Waals surface area contributed by atoms with Crippen LogP contribution < -0.4 is 9.47 Å². The number of aromatic nitrogens is 2. The number of rotatable bonds is 3. The number of benzene rings is 1. The number of methoxy groups -OCH3 is 1. The molecule has 0 aliphatic carbocycles. The molecular weight excluding hydrogens is 204 g/mol. The van der Waals surface area contributed by atoms with E-state index in [1.54, 1.807) is 19.4 Å². The molecule has 0 radical (unpaired) electrons. The molecule has 0 spiro atoms. The van der Waals surface area contributed by atoms with Gasteiger partial charge in [-0.3, -0.25) is 0 Å². The Hall–Kier alpha value is -2.10. The van der Waals surface area contributed by atoms with E-state index >= 15 is 0 Å². The molecule has 0 bridgehead atoms. The van der Waals surface area contributed by atoms with Crippen LogP contribution in [0, 0.1) is 6.92 Å². The standard InChI is InChI=1S/C12H12N2O2/c1-9-13-8-7-12(14-9)16-11-5-3-10(15-2)4-6-11/h3-8H,1-2H3. The molecule has 1 aromatic carbocycles. The summed E-state index contributed by atoms with van der Waals surface area (Å²) in [5, 5.41) is 0. The SMILES string of the molecule is COc1ccc(Oc2ccnc(C)n2)cc1. The van der Waals surface area contributed by atoms with Crippen LogP contribution in [0.25, 0.3) is 0 Å². The maximum absolute atomic E-state index is 5.55. The van der Waals surface area contributed by atoms with Gasteiger partial charge in [0.15, 0.2) is 0 Å². The second-order valence-corrected chi connectivity index (χ2v) is 3.22. The Bertz CT molecular complexity index is 469. The zero-order chi connectivity index (χ0) is 11.4. The van der Waals surface area contributed by atoms with E-state index in [4.69, 9.17) is 9.47 Å². The number of aryl methyl sites for hydroxylation is 1. The van der Waals surface area contributed by atoms with E-state index in [9.17, 15) is 0 Å². The third-order valence-electron chi connectivity index (χ3n) is 2.03. The Kier molecular flexibility index (Phi) is 3.00. The Morgan fingerprint density at radius 1 is 1.00 bits per heavy atom. The van der Waals surface area contributed by atoms with Crippen molar-refractivity contribution in [3.63, 3.8) is 0 Å². The van der Waals surface area contributed by atoms with Gasteiger partial charge in [0.1, 0.15) is 17.3 Å². The van der Waals surface area contributed by atoms with Crippen LogP contribution in [0.3, 0.4) is 0 Å². The van der Waals surface area contributed by atoms with Crippen LogP contribution in [0.1, 0.15) is 5.82 Å². The zero-order valence-electron chi connectivity index (χ0n) is 9.18. The van der Waals surface area contributed by atoms with E-state index in [1.807, 2.05) is 31.2 Å². The molecule has 0 aliphatic heterocycles. The molecule has 0 N–H and O–H groups in total. The van der Waals surface area contributed by atoms with Gasteiger partial charge in [0.05, 0.1) is 7.11 Å². The van der Waals surface area contributed by atoms with Gasteiger partial charge in [0.25, 0.3) is 0 Å². The molecule has 0 fully saturated rings. The number of nitrogens with zero attached hydrogens (tertiary/aromatic N) is 2. The lowest BCUT2D eigenvalue weighted by Gasteiger charge is -2.05. The highest BCUT2D eigenvalue weighted by atomic mass is 16.5. The summed E-state index contributed by atoms with van der Waals surface area (Å²) in [7, 11) is 1.63. The molecule has 2 aromatic rings. The van der Waals surface area contributed by atoms with Crippen molar-refractivity contribution in [3.8, 4) is 17.4 Å². The van der Waals surface area contributed by atoms with Gasteiger partial charge in [-0.1, -0.05) is 0 Å². The lowest BCUT2D eigenvalue weighted by Crippen LogP contribution is -1.91. The Labute approximate surface area is 93.9 Å². The second kappa shape index (κ2) is 4.61. The lowest BCUT2D eigenvalue weighted by molar-refractivity contribution is 0.412. The van der Waals surface area contributed by atoms with Crippen molar-refractivity contribution in [2.24, 2.45) is 0 Å². The minimum Gasteiger partial charge on any atom is -0.497 e. The fourth-order valence-corrected chi connectivity index (χ4v) is 1.26. The van der Waals surface area contributed by atoms with Crippen LogP contribution in [0.15, 0.2) is 36.5 Å². The average molecular weight is 216 g/mol. The van der Waals surface area contributed by atoms with Crippen LogP contribution in [0.5, 0.6) is 17.4 Å². The Morgan fingerprint density at radius 3 is 2.31 bits per heavy atom. The summed E-state index contributed by atoms with van der Waals surface area (Å²) >= 11 is 0. The molecule has 2 rings (SSSR count). The summed E-state index contributed by atoms with van der Waals surface area (Å²) in [4.78, 5) is 8.14. The van der Waals surface area contributed by atoms with Crippen LogP contribution in [0.2, 0.25) is 0 Å². The maximum Gasteiger partial charge on any atom is 0.222 e. The first-order valence-corrected chi connectivity index (χ1v) is 4.89. The third-order valence-corrected chi connectivity index (χ3v) is 2.03. The van der Waals surface area contributed by atoms with Crippen LogP contribution in [-0.2, 0) is 0 Å². The molecule has 0 saturated carbocycles. The molecule has 4 heteroatoms. The smallest absolute Gasteiger partial charge is 0.222 e. The van der Waals surface area contributed by atoms with E-state index in [-0.39, 0.29) is 0 Å². The largest absolute Gasteiger partial charge is 0.497 e. The fourth-order valence-electron chi connectivity index (χ4n) is 1.26. The van der Waals surface area contributed by atoms with Crippen molar-refractivity contribution in [2.45, 2.75) is 6.92 Å². The van der Waals surface area contributed by atoms with Gasteiger partial charge < -0.3 is 9.47 Å². The van der Waals surface area contributed by atoms with Crippen molar-refractivity contribution in [1.29, 1.82) is 0 Å². The van der Waals surface area contributed by atoms with Crippen molar-refractivity contribution >= 4 is 0 Å². The van der Waals surface area contributed by atoms with Crippen LogP contribution in [0.4, 0.5) is 0 Å². The van der Waals surface area contributed by atoms with Gasteiger partial charge in [0, 0.05) is 12.3 Å². The minimum absolute atomic E-state index is 0.540. The first-order chi connectivity index (χ1) is 7.78. The topological polar surface area (TPSA) is 44.2 Å². The summed E-state index contributed by atoms with van der Waals surface area (Å²) in [6.07, 6.45) is 1.67. The van der Waals surface area contributed by atoms with E-state index in [1.165, 1.54) is 0 Å². The van der Waals surface area contributed by atoms with Crippen molar-refractivity contribution < 1.29 is 9.47 Å². The number of hydrogen-bond donors (Lipinski definition) is 0. The quantitative estimate of drug-likeness (QED) is 0.791. The first kappa shape index (κ1) is 10.4. The molecular formula is C12H12N2O2. The summed E-state index contributed by atoms with van der Waals surface area (Å²) in [6.45, 7) is 1.82. The molecule has 0 saturated heterocycles. The van der Waals surface area contributed by atoms with Gasteiger partial charge in [0.2, 0.25) is 5.88 Å². The summed E-state index contributed by atoms with van der Waals surface area (Å²) in [5.74, 6) is 2.74. The van der Waals surface area contributed by atoms with E-state index in [0.717, 1.165) is 11.5 Å². The Balaban J connectivity index is 2.14. The van der Waals surface area contributed by atoms with Crippen molar-refractivity contribution in [3.05, 3.63) is 42.4 Å². The molecule has 16 heavy (non-hydrogen) atoms. The zero-order valence-corrected chi connectivity index (χ0v) is 9.18. The minimum atomic E-state index is 0.540. The highest BCUT2D eigenvalue weighted by Gasteiger charge is 1.99. The molecule has 4 nitrogen and oxygen atoms in total. The average Bonchev–Trinajstić information content (AvgIpc) is 2.30. The molecule has 1 aromatic heterocycles. The van der Waals surface area contributed by atoms with E-state index in [0.29, 0.717) is 11.7 Å². The van der Waals surface area contributed by atoms with E-state index < -0.39 is 0 Å². The summed E-state index contributed by atoms with van der Waals surface area (Å²) in [5.41, 5.74) is 0. The second-order valence-electron chi connectivity index (χ2n) is 3.22. The van der Waals surface area contributed by atoms with Gasteiger partial charge in [-0.05, 0) is 31.2 Å². The molecule has 82 valence electrons. The number of hydrogen-bond acceptors (Lipinski definition) is 4. The van der Waals surface area contributed by atoms with Crippen LogP contribution in [-0.4, -0.2) is 17.1 Å². The molecule has 0 unspecified atom stereocenters. The summed E-state index contributed by atoms with van der Waals surface area (Å²) < 4.78 is 10.6. The number of ether oxygens (including phenoxy) is 2. The third kappa shape index (κ3) is 2.48. The lowest BCUT2D eigenvalue weighted by atomic mass is 10.3. The predicted octanol–water partition coefficient (Wildman–Crippen LogP) is 2.59. The first-order valence-electron chi connectivity index (χ1n) is 4.89. The van der Waals surface area contributed by atoms with Crippen molar-refractivity contribution in [2.75, 3.05) is 7.11 Å². The van der Waals surface area contributed by atoms with Gasteiger partial charge in [-0.15, -0.1) is 0 Å². The van der Waals surface area contributed by atoms with Crippen LogP contribution >= 0.6 is 0 Å². The summed E-state index contributed by atoms with van der Waals surface area (Å²) in [6, 6.07) is 9.05. The van der Waals surface area contributed by atoms with E-state index in [2.05, 4.69) is 9.97 Å². The van der Waals surface area contributed by atoms with Crippen molar-refractivity contribution in [1.82, 2.24) is 9.97 Å². The Morgan fingerprint density at radius 2 is 1.69 bits per heavy atom. The maximum atomic E-state index is 5.55.